The van der Waals surface area contributed by atoms with Gasteiger partial charge in [-0.3, -0.25) is 4.79 Å². The summed E-state index contributed by atoms with van der Waals surface area (Å²) in [6.07, 6.45) is 0. The number of fused-ring (bicyclic) bond motifs is 1. The van der Waals surface area contributed by atoms with Crippen molar-refractivity contribution in [3.63, 3.8) is 0 Å². The molecule has 2 aromatic rings. The molecule has 1 heterocycles. The maximum atomic E-state index is 11.7. The average molecular weight is 309 g/mol. The van der Waals surface area contributed by atoms with E-state index in [1.165, 1.54) is 16.8 Å². The molecule has 0 atom stereocenters. The number of hydrogen-bond donors (Lipinski definition) is 0. The largest absolute Gasteiger partial charge is 0.497 e. The molecule has 3 nitrogen and oxygen atoms in total. The predicted octanol–water partition coefficient (Wildman–Crippen LogP) is 4.20. The Kier molecular flexibility index (Phi) is 3.88. The summed E-state index contributed by atoms with van der Waals surface area (Å²) in [7, 11) is 1.68. The Labute approximate surface area is 137 Å². The third-order valence-electron chi connectivity index (χ3n) is 4.59. The standard InChI is InChI=1S/C20H23NO2/c1-14(22)16-7-10-18-19(11-16)21(13-20(18,2)3)12-15-5-8-17(23-4)9-6-15/h5-11H,12-13H2,1-4H3. The molecule has 0 aliphatic carbocycles. The van der Waals surface area contributed by atoms with Crippen molar-refractivity contribution in [1.29, 1.82) is 0 Å². The minimum atomic E-state index is 0.0944. The van der Waals surface area contributed by atoms with Gasteiger partial charge in [-0.15, -0.1) is 0 Å². The third-order valence-corrected chi connectivity index (χ3v) is 4.59. The van der Waals surface area contributed by atoms with Crippen LogP contribution in [-0.2, 0) is 12.0 Å². The lowest BCUT2D eigenvalue weighted by atomic mass is 9.86. The molecule has 3 heteroatoms. The van der Waals surface area contributed by atoms with Crippen LogP contribution in [0.25, 0.3) is 0 Å². The van der Waals surface area contributed by atoms with Gasteiger partial charge < -0.3 is 9.64 Å². The van der Waals surface area contributed by atoms with E-state index in [9.17, 15) is 4.79 Å². The van der Waals surface area contributed by atoms with Crippen LogP contribution >= 0.6 is 0 Å². The molecular formula is C20H23NO2. The van der Waals surface area contributed by atoms with Gasteiger partial charge in [0.1, 0.15) is 5.75 Å². The second-order valence-electron chi connectivity index (χ2n) is 6.88. The summed E-state index contributed by atoms with van der Waals surface area (Å²) >= 11 is 0. The van der Waals surface area contributed by atoms with Crippen LogP contribution in [0.5, 0.6) is 5.75 Å². The van der Waals surface area contributed by atoms with Crippen molar-refractivity contribution in [2.75, 3.05) is 18.6 Å². The first-order chi connectivity index (χ1) is 10.9. The third kappa shape index (κ3) is 2.96. The molecular weight excluding hydrogens is 286 g/mol. The Morgan fingerprint density at radius 2 is 1.87 bits per heavy atom. The van der Waals surface area contributed by atoms with Gasteiger partial charge in [0.2, 0.25) is 0 Å². The number of benzene rings is 2. The lowest BCUT2D eigenvalue weighted by molar-refractivity contribution is 0.101. The van der Waals surface area contributed by atoms with Crippen LogP contribution in [0, 0.1) is 0 Å². The van der Waals surface area contributed by atoms with Gasteiger partial charge in [-0.2, -0.15) is 0 Å². The summed E-state index contributed by atoms with van der Waals surface area (Å²) in [5.74, 6) is 0.983. The maximum Gasteiger partial charge on any atom is 0.159 e. The zero-order valence-corrected chi connectivity index (χ0v) is 14.2. The minimum Gasteiger partial charge on any atom is -0.497 e. The Balaban J connectivity index is 1.92. The van der Waals surface area contributed by atoms with Crippen molar-refractivity contribution in [2.45, 2.75) is 32.7 Å². The normalized spacial score (nSPS) is 15.4. The smallest absolute Gasteiger partial charge is 0.159 e. The number of carbonyl (C=O) groups is 1. The molecule has 0 saturated carbocycles. The number of ether oxygens (including phenoxy) is 1. The highest BCUT2D eigenvalue weighted by Crippen LogP contribution is 2.41. The van der Waals surface area contributed by atoms with E-state index in [-0.39, 0.29) is 11.2 Å². The lowest BCUT2D eigenvalue weighted by Crippen LogP contribution is -2.28. The molecule has 120 valence electrons. The highest BCUT2D eigenvalue weighted by Gasteiger charge is 2.35. The minimum absolute atomic E-state index is 0.0944. The number of hydrogen-bond acceptors (Lipinski definition) is 3. The van der Waals surface area contributed by atoms with Crippen LogP contribution < -0.4 is 9.64 Å². The van der Waals surface area contributed by atoms with E-state index in [4.69, 9.17) is 4.74 Å². The van der Waals surface area contributed by atoms with Crippen molar-refractivity contribution in [2.24, 2.45) is 0 Å². The number of Topliss-reactive ketones (excluding diaryl/α,β-unsaturated/α-hetero) is 1. The van der Waals surface area contributed by atoms with Gasteiger partial charge in [-0.25, -0.2) is 0 Å². The fourth-order valence-electron chi connectivity index (χ4n) is 3.32. The molecule has 1 aliphatic rings. The molecule has 3 rings (SSSR count). The van der Waals surface area contributed by atoms with Crippen LogP contribution in [0.4, 0.5) is 5.69 Å². The van der Waals surface area contributed by atoms with Crippen molar-refractivity contribution in [3.05, 3.63) is 59.2 Å². The molecule has 0 amide bonds. The van der Waals surface area contributed by atoms with E-state index in [1.54, 1.807) is 14.0 Å². The number of nitrogens with zero attached hydrogens (tertiary/aromatic N) is 1. The Hall–Kier alpha value is -2.29. The van der Waals surface area contributed by atoms with E-state index in [1.807, 2.05) is 24.3 Å². The molecule has 2 aromatic carbocycles. The second-order valence-corrected chi connectivity index (χ2v) is 6.88. The van der Waals surface area contributed by atoms with Crippen molar-refractivity contribution in [3.8, 4) is 5.75 Å². The number of carbonyl (C=O) groups excluding carboxylic acids is 1. The lowest BCUT2D eigenvalue weighted by Gasteiger charge is -2.22. The molecule has 0 radical (unpaired) electrons. The topological polar surface area (TPSA) is 29.5 Å². The first kappa shape index (κ1) is 15.6. The van der Waals surface area contributed by atoms with Crippen LogP contribution in [0.1, 0.15) is 42.3 Å². The van der Waals surface area contributed by atoms with Gasteiger partial charge in [0.15, 0.2) is 5.78 Å². The summed E-state index contributed by atoms with van der Waals surface area (Å²) in [6.45, 7) is 7.92. The second kappa shape index (κ2) is 5.73. The fourth-order valence-corrected chi connectivity index (χ4v) is 3.32. The Morgan fingerprint density at radius 3 is 2.48 bits per heavy atom. The first-order valence-corrected chi connectivity index (χ1v) is 7.94. The van der Waals surface area contributed by atoms with E-state index < -0.39 is 0 Å². The van der Waals surface area contributed by atoms with Gasteiger partial charge in [0, 0.05) is 29.8 Å². The van der Waals surface area contributed by atoms with Gasteiger partial charge in [0.25, 0.3) is 0 Å². The number of methoxy groups -OCH3 is 1. The number of ketones is 1. The SMILES string of the molecule is COc1ccc(CN2CC(C)(C)c3ccc(C(C)=O)cc32)cc1. The predicted molar refractivity (Wildman–Crippen MR) is 93.5 cm³/mol. The molecule has 23 heavy (non-hydrogen) atoms. The molecule has 0 unspecified atom stereocenters. The van der Waals surface area contributed by atoms with Crippen LogP contribution in [-0.4, -0.2) is 19.4 Å². The first-order valence-electron chi connectivity index (χ1n) is 7.94. The highest BCUT2D eigenvalue weighted by molar-refractivity contribution is 5.95. The summed E-state index contributed by atoms with van der Waals surface area (Å²) in [6, 6.07) is 14.3. The zero-order chi connectivity index (χ0) is 16.6. The zero-order valence-electron chi connectivity index (χ0n) is 14.2. The van der Waals surface area contributed by atoms with Gasteiger partial charge in [-0.1, -0.05) is 38.1 Å². The fraction of sp³-hybridized carbons (Fsp3) is 0.350. The Morgan fingerprint density at radius 1 is 1.17 bits per heavy atom. The van der Waals surface area contributed by atoms with Crippen molar-refractivity contribution < 1.29 is 9.53 Å². The monoisotopic (exact) mass is 309 g/mol. The van der Waals surface area contributed by atoms with E-state index in [0.29, 0.717) is 0 Å². The van der Waals surface area contributed by atoms with Gasteiger partial charge in [0.05, 0.1) is 7.11 Å². The van der Waals surface area contributed by atoms with Crippen molar-refractivity contribution in [1.82, 2.24) is 0 Å². The molecule has 0 spiro atoms. The van der Waals surface area contributed by atoms with Crippen molar-refractivity contribution >= 4 is 11.5 Å². The summed E-state index contributed by atoms with van der Waals surface area (Å²) < 4.78 is 5.22. The van der Waals surface area contributed by atoms with E-state index in [2.05, 4.69) is 36.9 Å². The highest BCUT2D eigenvalue weighted by atomic mass is 16.5. The van der Waals surface area contributed by atoms with Crippen LogP contribution in [0.2, 0.25) is 0 Å². The molecule has 0 saturated heterocycles. The summed E-state index contributed by atoms with van der Waals surface area (Å²) in [5, 5.41) is 0. The maximum absolute atomic E-state index is 11.7. The van der Waals surface area contributed by atoms with E-state index >= 15 is 0 Å². The van der Waals surface area contributed by atoms with Gasteiger partial charge >= 0.3 is 0 Å². The van der Waals surface area contributed by atoms with Gasteiger partial charge in [-0.05, 0) is 36.2 Å². The quantitative estimate of drug-likeness (QED) is 0.793. The molecule has 0 N–H and O–H groups in total. The van der Waals surface area contributed by atoms with Crippen LogP contribution in [0.15, 0.2) is 42.5 Å². The molecule has 0 aromatic heterocycles. The molecule has 0 bridgehead atoms. The number of rotatable bonds is 4. The van der Waals surface area contributed by atoms with Crippen LogP contribution in [0.3, 0.4) is 0 Å². The molecule has 1 aliphatic heterocycles. The van der Waals surface area contributed by atoms with E-state index in [0.717, 1.165) is 24.4 Å². The summed E-state index contributed by atoms with van der Waals surface area (Å²) in [5.41, 5.74) is 4.61. The summed E-state index contributed by atoms with van der Waals surface area (Å²) in [4.78, 5) is 14.1. The Bertz CT molecular complexity index is 732. The molecule has 0 fully saturated rings. The average Bonchev–Trinajstić information content (AvgIpc) is 2.78. The number of anilines is 1.